The molecule has 0 aromatic heterocycles. The molecule has 5 heteroatoms. The molecule has 1 saturated carbocycles. The van der Waals surface area contributed by atoms with Crippen LogP contribution in [0.2, 0.25) is 5.02 Å². The second-order valence-corrected chi connectivity index (χ2v) is 13.2. The molecule has 4 nitrogen and oxygen atoms in total. The van der Waals surface area contributed by atoms with E-state index in [4.69, 9.17) is 16.3 Å². The summed E-state index contributed by atoms with van der Waals surface area (Å²) in [6.07, 6.45) is 11.6. The fourth-order valence-corrected chi connectivity index (χ4v) is 6.38. The van der Waals surface area contributed by atoms with Gasteiger partial charge in [0.15, 0.2) is 0 Å². The monoisotopic (exact) mass is 584 g/mol. The van der Waals surface area contributed by atoms with Gasteiger partial charge in [-0.05, 0) is 91.9 Å². The number of carbonyl (C=O) groups is 1. The normalized spacial score (nSPS) is 18.3. The van der Waals surface area contributed by atoms with Crippen LogP contribution < -0.4 is 10.1 Å². The molecule has 0 bridgehead atoms. The van der Waals surface area contributed by atoms with Crippen LogP contribution in [0.5, 0.6) is 5.75 Å². The van der Waals surface area contributed by atoms with Crippen molar-refractivity contribution in [3.63, 3.8) is 0 Å². The Bertz CT molecular complexity index is 1330. The van der Waals surface area contributed by atoms with E-state index in [-0.39, 0.29) is 17.4 Å². The van der Waals surface area contributed by atoms with Gasteiger partial charge in [0.2, 0.25) is 0 Å². The van der Waals surface area contributed by atoms with Crippen LogP contribution in [0.1, 0.15) is 81.1 Å². The number of allylic oxidation sites excluding steroid dienone is 1. The minimum atomic E-state index is -0.0864. The highest BCUT2D eigenvalue weighted by Gasteiger charge is 2.24. The molecular weight excluding hydrogens is 540 g/mol. The van der Waals surface area contributed by atoms with Crippen molar-refractivity contribution in [2.24, 2.45) is 5.41 Å². The Kier molecular flexibility index (Phi) is 10.4. The predicted octanol–water partition coefficient (Wildman–Crippen LogP) is 9.04. The van der Waals surface area contributed by atoms with Crippen LogP contribution in [0, 0.1) is 5.41 Å². The van der Waals surface area contributed by atoms with Gasteiger partial charge in [0.1, 0.15) is 5.75 Å². The number of nitrogens with one attached hydrogen (secondary N) is 1. The summed E-state index contributed by atoms with van der Waals surface area (Å²) in [5.41, 5.74) is 5.76. The van der Waals surface area contributed by atoms with Gasteiger partial charge >= 0.3 is 0 Å². The lowest BCUT2D eigenvalue weighted by molar-refractivity contribution is 0.0922. The largest absolute Gasteiger partial charge is 0.489 e. The van der Waals surface area contributed by atoms with E-state index in [2.05, 4.69) is 78.7 Å². The quantitative estimate of drug-likeness (QED) is 0.273. The van der Waals surface area contributed by atoms with E-state index in [1.807, 2.05) is 18.2 Å². The molecule has 3 aromatic carbocycles. The smallest absolute Gasteiger partial charge is 0.251 e. The number of likely N-dealkylation sites (tertiary alicyclic amines) is 1. The third-order valence-corrected chi connectivity index (χ3v) is 8.82. The molecule has 1 aliphatic heterocycles. The molecule has 0 atom stereocenters. The van der Waals surface area contributed by atoms with Crippen LogP contribution in [0.15, 0.2) is 78.4 Å². The molecular formula is C37H45ClN2O2. The molecule has 5 rings (SSSR count). The van der Waals surface area contributed by atoms with E-state index in [1.54, 1.807) is 6.07 Å². The number of rotatable bonds is 9. The summed E-state index contributed by atoms with van der Waals surface area (Å²) in [5.74, 6) is 0.570. The van der Waals surface area contributed by atoms with Crippen molar-refractivity contribution in [2.75, 3.05) is 26.2 Å². The maximum absolute atomic E-state index is 12.9. The van der Waals surface area contributed by atoms with Crippen LogP contribution in [0.25, 0.3) is 17.2 Å². The summed E-state index contributed by atoms with van der Waals surface area (Å²) < 4.78 is 6.30. The maximum Gasteiger partial charge on any atom is 0.251 e. The predicted molar refractivity (Wildman–Crippen MR) is 175 cm³/mol. The topological polar surface area (TPSA) is 41.6 Å². The standard InChI is InChI=1S/C37H45ClN2O2/c1-37(2,27-40-22-8-3-4-9-23-40)26-39-36(41)32-18-21-35(34(38)25-32)42-33-19-14-29(15-20-33)24-28-12-16-31(17-13-28)30-10-6-5-7-11-30/h5-7,10-13,16-18,21,24-25,33H,3-4,8-9,14-15,19-20,22-23,26-27H2,1-2H3,(H,39,41). The van der Waals surface area contributed by atoms with Crippen molar-refractivity contribution >= 4 is 23.6 Å². The average Bonchev–Trinajstić information content (AvgIpc) is 3.27. The molecule has 0 unspecified atom stereocenters. The Balaban J connectivity index is 1.09. The summed E-state index contributed by atoms with van der Waals surface area (Å²) in [7, 11) is 0. The van der Waals surface area contributed by atoms with Crippen molar-refractivity contribution in [2.45, 2.75) is 71.3 Å². The summed E-state index contributed by atoms with van der Waals surface area (Å²) in [5, 5.41) is 3.63. The van der Waals surface area contributed by atoms with Gasteiger partial charge in [-0.1, -0.05) is 105 Å². The van der Waals surface area contributed by atoms with Crippen LogP contribution in [-0.2, 0) is 0 Å². The Labute approximate surface area is 257 Å². The van der Waals surface area contributed by atoms with Gasteiger partial charge in [-0.2, -0.15) is 0 Å². The minimum absolute atomic E-state index is 0.00669. The van der Waals surface area contributed by atoms with Crippen molar-refractivity contribution in [3.05, 3.63) is 94.5 Å². The molecule has 0 radical (unpaired) electrons. The lowest BCUT2D eigenvalue weighted by atomic mass is 9.91. The van der Waals surface area contributed by atoms with Crippen LogP contribution in [0.3, 0.4) is 0 Å². The van der Waals surface area contributed by atoms with E-state index in [1.165, 1.54) is 47.9 Å². The number of carbonyl (C=O) groups excluding carboxylic acids is 1. The van der Waals surface area contributed by atoms with Crippen molar-refractivity contribution in [1.82, 2.24) is 10.2 Å². The fraction of sp³-hybridized carbons (Fsp3) is 0.432. The van der Waals surface area contributed by atoms with E-state index in [0.29, 0.717) is 22.9 Å². The highest BCUT2D eigenvalue weighted by molar-refractivity contribution is 6.32. The lowest BCUT2D eigenvalue weighted by Crippen LogP contribution is -2.42. The minimum Gasteiger partial charge on any atom is -0.489 e. The lowest BCUT2D eigenvalue weighted by Gasteiger charge is -2.32. The van der Waals surface area contributed by atoms with Gasteiger partial charge in [-0.3, -0.25) is 4.79 Å². The number of ether oxygens (including phenoxy) is 1. The average molecular weight is 585 g/mol. The number of amides is 1. The van der Waals surface area contributed by atoms with E-state index in [0.717, 1.165) is 45.3 Å². The number of hydrogen-bond donors (Lipinski definition) is 1. The summed E-state index contributed by atoms with van der Waals surface area (Å²) in [4.78, 5) is 15.5. The molecule has 2 fully saturated rings. The van der Waals surface area contributed by atoms with Gasteiger partial charge in [-0.25, -0.2) is 0 Å². The first-order valence-electron chi connectivity index (χ1n) is 15.7. The van der Waals surface area contributed by atoms with Gasteiger partial charge in [0.05, 0.1) is 11.1 Å². The summed E-state index contributed by atoms with van der Waals surface area (Å²) >= 11 is 6.60. The van der Waals surface area contributed by atoms with Crippen LogP contribution >= 0.6 is 11.6 Å². The number of benzene rings is 3. The number of hydrogen-bond acceptors (Lipinski definition) is 3. The Morgan fingerprint density at radius 3 is 2.26 bits per heavy atom. The highest BCUT2D eigenvalue weighted by atomic mass is 35.5. The molecule has 0 spiro atoms. The van der Waals surface area contributed by atoms with Crippen LogP contribution in [0.4, 0.5) is 0 Å². The molecule has 1 aliphatic carbocycles. The zero-order valence-corrected chi connectivity index (χ0v) is 26.0. The van der Waals surface area contributed by atoms with Gasteiger partial charge < -0.3 is 15.0 Å². The van der Waals surface area contributed by atoms with E-state index < -0.39 is 0 Å². The SMILES string of the molecule is CC(C)(CNC(=O)c1ccc(OC2CCC(=Cc3ccc(-c4ccccc4)cc3)CC2)c(Cl)c1)CN1CCCCCC1. The zero-order chi connectivity index (χ0) is 29.4. The summed E-state index contributed by atoms with van der Waals surface area (Å²) in [6, 6.07) is 24.7. The Hall–Kier alpha value is -3.08. The molecule has 2 aliphatic rings. The first-order valence-corrected chi connectivity index (χ1v) is 16.0. The molecule has 3 aromatic rings. The zero-order valence-electron chi connectivity index (χ0n) is 25.2. The van der Waals surface area contributed by atoms with Crippen molar-refractivity contribution in [1.29, 1.82) is 0 Å². The van der Waals surface area contributed by atoms with Crippen molar-refractivity contribution < 1.29 is 9.53 Å². The van der Waals surface area contributed by atoms with Gasteiger partial charge in [0.25, 0.3) is 5.91 Å². The molecule has 1 amide bonds. The summed E-state index contributed by atoms with van der Waals surface area (Å²) in [6.45, 7) is 8.42. The second kappa shape index (κ2) is 14.4. The first-order chi connectivity index (χ1) is 20.3. The molecule has 1 N–H and O–H groups in total. The van der Waals surface area contributed by atoms with Gasteiger partial charge in [0, 0.05) is 18.7 Å². The molecule has 222 valence electrons. The molecule has 1 saturated heterocycles. The fourth-order valence-electron chi connectivity index (χ4n) is 6.16. The molecule has 42 heavy (non-hydrogen) atoms. The Morgan fingerprint density at radius 2 is 1.60 bits per heavy atom. The number of halogens is 1. The molecule has 1 heterocycles. The first kappa shape index (κ1) is 30.4. The van der Waals surface area contributed by atoms with E-state index in [9.17, 15) is 4.79 Å². The third-order valence-electron chi connectivity index (χ3n) is 8.53. The van der Waals surface area contributed by atoms with Crippen LogP contribution in [-0.4, -0.2) is 43.1 Å². The van der Waals surface area contributed by atoms with Gasteiger partial charge in [-0.15, -0.1) is 0 Å². The number of nitrogens with zero attached hydrogens (tertiary/aromatic N) is 1. The van der Waals surface area contributed by atoms with E-state index >= 15 is 0 Å². The highest BCUT2D eigenvalue weighted by Crippen LogP contribution is 2.33. The second-order valence-electron chi connectivity index (χ2n) is 12.8. The third kappa shape index (κ3) is 8.72. The van der Waals surface area contributed by atoms with Crippen molar-refractivity contribution in [3.8, 4) is 16.9 Å². The maximum atomic E-state index is 12.9. The Morgan fingerprint density at radius 1 is 0.929 bits per heavy atom.